The maximum absolute atomic E-state index is 10.4. The average molecular weight is 229 g/mol. The van der Waals surface area contributed by atoms with Crippen LogP contribution in [-0.2, 0) is 9.53 Å². The summed E-state index contributed by atoms with van der Waals surface area (Å²) in [4.78, 5) is 10.4. The fraction of sp³-hybridized carbons (Fsp3) is 0.917. The van der Waals surface area contributed by atoms with Gasteiger partial charge in [0.25, 0.3) is 0 Å². The van der Waals surface area contributed by atoms with E-state index in [1.165, 1.54) is 0 Å². The van der Waals surface area contributed by atoms with Crippen LogP contribution in [0.25, 0.3) is 0 Å². The number of rotatable bonds is 7. The lowest BCUT2D eigenvalue weighted by Crippen LogP contribution is -2.62. The van der Waals surface area contributed by atoms with Gasteiger partial charge in [0, 0.05) is 24.6 Å². The van der Waals surface area contributed by atoms with Gasteiger partial charge in [-0.15, -0.1) is 0 Å². The summed E-state index contributed by atoms with van der Waals surface area (Å²) >= 11 is 0. The van der Waals surface area contributed by atoms with Crippen LogP contribution in [-0.4, -0.2) is 36.4 Å². The molecule has 4 heteroatoms. The minimum absolute atomic E-state index is 0.161. The molecule has 0 saturated heterocycles. The molecule has 0 heterocycles. The Kier molecular flexibility index (Phi) is 4.74. The van der Waals surface area contributed by atoms with Gasteiger partial charge in [-0.2, -0.15) is 0 Å². The van der Waals surface area contributed by atoms with E-state index in [1.807, 2.05) is 6.92 Å². The first kappa shape index (κ1) is 13.5. The van der Waals surface area contributed by atoms with Gasteiger partial charge in [-0.3, -0.25) is 4.79 Å². The molecular weight excluding hydrogens is 206 g/mol. The third-order valence-corrected chi connectivity index (χ3v) is 3.84. The third kappa shape index (κ3) is 2.74. The molecule has 0 aromatic carbocycles. The molecule has 1 rings (SSSR count). The van der Waals surface area contributed by atoms with Crippen molar-refractivity contribution < 1.29 is 14.6 Å². The number of carboxylic acid groups (broad SMARTS) is 1. The lowest BCUT2D eigenvalue weighted by molar-refractivity contribution is -0.138. The van der Waals surface area contributed by atoms with Crippen molar-refractivity contribution in [2.45, 2.75) is 52.2 Å². The molecule has 2 N–H and O–H groups in total. The maximum Gasteiger partial charge on any atom is 0.304 e. The van der Waals surface area contributed by atoms with Crippen LogP contribution in [0.1, 0.15) is 40.0 Å². The fourth-order valence-corrected chi connectivity index (χ4v) is 2.42. The molecule has 94 valence electrons. The van der Waals surface area contributed by atoms with Crippen molar-refractivity contribution in [3.05, 3.63) is 0 Å². The molecule has 0 radical (unpaired) electrons. The lowest BCUT2D eigenvalue weighted by Gasteiger charge is -2.53. The molecule has 4 nitrogen and oxygen atoms in total. The van der Waals surface area contributed by atoms with Gasteiger partial charge >= 0.3 is 5.97 Å². The fourth-order valence-electron chi connectivity index (χ4n) is 2.42. The molecule has 0 bridgehead atoms. The minimum atomic E-state index is -0.744. The third-order valence-electron chi connectivity index (χ3n) is 3.84. The Balaban J connectivity index is 2.36. The molecule has 3 atom stereocenters. The highest BCUT2D eigenvalue weighted by molar-refractivity contribution is 5.66. The van der Waals surface area contributed by atoms with Gasteiger partial charge in [-0.1, -0.05) is 13.8 Å². The summed E-state index contributed by atoms with van der Waals surface area (Å²) in [6.45, 7) is 7.70. The first-order chi connectivity index (χ1) is 7.54. The standard InChI is InChI=1S/C12H23NO3/c1-4-12(3)9(8-10(12)16-5-2)13-7-6-11(14)15/h9-10,13H,4-8H2,1-3H3,(H,14,15). The highest BCUT2D eigenvalue weighted by Gasteiger charge is 2.50. The van der Waals surface area contributed by atoms with Crippen molar-refractivity contribution in [2.24, 2.45) is 5.41 Å². The zero-order chi connectivity index (χ0) is 12.2. The molecule has 0 aromatic rings. The first-order valence-electron chi connectivity index (χ1n) is 6.11. The number of nitrogens with one attached hydrogen (secondary N) is 1. The number of carboxylic acids is 1. The Morgan fingerprint density at radius 3 is 2.75 bits per heavy atom. The van der Waals surface area contributed by atoms with Crippen molar-refractivity contribution in [3.8, 4) is 0 Å². The van der Waals surface area contributed by atoms with E-state index in [4.69, 9.17) is 9.84 Å². The summed E-state index contributed by atoms with van der Waals surface area (Å²) in [5, 5.41) is 11.9. The molecule has 1 fully saturated rings. The Morgan fingerprint density at radius 2 is 2.25 bits per heavy atom. The Morgan fingerprint density at radius 1 is 1.56 bits per heavy atom. The summed E-state index contributed by atoms with van der Waals surface area (Å²) in [5.41, 5.74) is 0.161. The maximum atomic E-state index is 10.4. The van der Waals surface area contributed by atoms with Gasteiger partial charge in [0.1, 0.15) is 0 Å². The van der Waals surface area contributed by atoms with Crippen LogP contribution < -0.4 is 5.32 Å². The largest absolute Gasteiger partial charge is 0.481 e. The van der Waals surface area contributed by atoms with Gasteiger partial charge < -0.3 is 15.2 Å². The summed E-state index contributed by atoms with van der Waals surface area (Å²) in [6, 6.07) is 0.397. The van der Waals surface area contributed by atoms with E-state index >= 15 is 0 Å². The Hall–Kier alpha value is -0.610. The second kappa shape index (κ2) is 5.64. The number of hydrogen-bond donors (Lipinski definition) is 2. The van der Waals surface area contributed by atoms with Gasteiger partial charge in [0.15, 0.2) is 0 Å². The summed E-state index contributed by atoms with van der Waals surface area (Å²) in [5.74, 6) is -0.744. The smallest absolute Gasteiger partial charge is 0.304 e. The molecule has 16 heavy (non-hydrogen) atoms. The predicted octanol–water partition coefficient (Wildman–Crippen LogP) is 1.64. The van der Waals surface area contributed by atoms with Crippen LogP contribution in [0.4, 0.5) is 0 Å². The van der Waals surface area contributed by atoms with Crippen LogP contribution in [0.5, 0.6) is 0 Å². The van der Waals surface area contributed by atoms with Crippen molar-refractivity contribution >= 4 is 5.97 Å². The van der Waals surface area contributed by atoms with Gasteiger partial charge in [-0.25, -0.2) is 0 Å². The van der Waals surface area contributed by atoms with Crippen molar-refractivity contribution in [2.75, 3.05) is 13.2 Å². The monoisotopic (exact) mass is 229 g/mol. The molecule has 3 unspecified atom stereocenters. The average Bonchev–Trinajstić information content (AvgIpc) is 2.25. The second-order valence-corrected chi connectivity index (χ2v) is 4.69. The van der Waals surface area contributed by atoms with Crippen molar-refractivity contribution in [1.82, 2.24) is 5.32 Å². The van der Waals surface area contributed by atoms with E-state index in [0.29, 0.717) is 18.7 Å². The molecule has 0 amide bonds. The molecule has 0 spiro atoms. The molecule has 1 aliphatic carbocycles. The van der Waals surface area contributed by atoms with Crippen molar-refractivity contribution in [3.63, 3.8) is 0 Å². The molecule has 0 aromatic heterocycles. The van der Waals surface area contributed by atoms with Crippen molar-refractivity contribution in [1.29, 1.82) is 0 Å². The Bertz CT molecular complexity index is 244. The van der Waals surface area contributed by atoms with E-state index in [2.05, 4.69) is 19.2 Å². The quantitative estimate of drug-likeness (QED) is 0.697. The van der Waals surface area contributed by atoms with Crippen LogP contribution in [0.2, 0.25) is 0 Å². The van der Waals surface area contributed by atoms with Crippen LogP contribution in [0, 0.1) is 5.41 Å². The van der Waals surface area contributed by atoms with E-state index in [9.17, 15) is 4.79 Å². The van der Waals surface area contributed by atoms with E-state index < -0.39 is 5.97 Å². The minimum Gasteiger partial charge on any atom is -0.481 e. The summed E-state index contributed by atoms with van der Waals surface area (Å²) in [7, 11) is 0. The molecule has 1 aliphatic rings. The SMILES string of the molecule is CCOC1CC(NCCC(=O)O)C1(C)CC. The van der Waals surface area contributed by atoms with Gasteiger partial charge in [0.05, 0.1) is 12.5 Å². The predicted molar refractivity (Wildman–Crippen MR) is 62.5 cm³/mol. The first-order valence-corrected chi connectivity index (χ1v) is 6.11. The van der Waals surface area contributed by atoms with Crippen LogP contribution >= 0.6 is 0 Å². The number of ether oxygens (including phenoxy) is 1. The highest BCUT2D eigenvalue weighted by Crippen LogP contribution is 2.45. The van der Waals surface area contributed by atoms with Gasteiger partial charge in [-0.05, 0) is 19.8 Å². The second-order valence-electron chi connectivity index (χ2n) is 4.69. The zero-order valence-electron chi connectivity index (χ0n) is 10.5. The van der Waals surface area contributed by atoms with E-state index in [-0.39, 0.29) is 11.8 Å². The van der Waals surface area contributed by atoms with Crippen LogP contribution in [0.3, 0.4) is 0 Å². The van der Waals surface area contributed by atoms with E-state index in [1.54, 1.807) is 0 Å². The van der Waals surface area contributed by atoms with E-state index in [0.717, 1.165) is 19.4 Å². The summed E-state index contributed by atoms with van der Waals surface area (Å²) in [6.07, 6.45) is 2.57. The summed E-state index contributed by atoms with van der Waals surface area (Å²) < 4.78 is 5.69. The Labute approximate surface area is 97.4 Å². The molecule has 0 aliphatic heterocycles. The molecule has 1 saturated carbocycles. The topological polar surface area (TPSA) is 58.6 Å². The number of aliphatic carboxylic acids is 1. The normalized spacial score (nSPS) is 33.4. The number of carbonyl (C=O) groups is 1. The number of hydrogen-bond acceptors (Lipinski definition) is 3. The molecular formula is C12H23NO3. The van der Waals surface area contributed by atoms with Gasteiger partial charge in [0.2, 0.25) is 0 Å². The van der Waals surface area contributed by atoms with Crippen LogP contribution in [0.15, 0.2) is 0 Å². The lowest BCUT2D eigenvalue weighted by atomic mass is 9.61. The zero-order valence-corrected chi connectivity index (χ0v) is 10.5. The highest BCUT2D eigenvalue weighted by atomic mass is 16.5.